The highest BCUT2D eigenvalue weighted by atomic mass is 16.4. The van der Waals surface area contributed by atoms with Gasteiger partial charge in [-0.25, -0.2) is 4.98 Å². The average Bonchev–Trinajstić information content (AvgIpc) is 2.97. The van der Waals surface area contributed by atoms with Crippen LogP contribution < -0.4 is 5.32 Å². The molecule has 1 aliphatic rings. The molecule has 3 N–H and O–H groups in total. The Hall–Kier alpha value is -2.73. The largest absolute Gasteiger partial charge is 0.480 e. The van der Waals surface area contributed by atoms with Gasteiger partial charge in [-0.3, -0.25) is 15.1 Å². The highest BCUT2D eigenvalue weighted by Gasteiger charge is 2.29. The fourth-order valence-electron chi connectivity index (χ4n) is 3.09. The van der Waals surface area contributed by atoms with Crippen molar-refractivity contribution in [3.63, 3.8) is 0 Å². The number of pyridine rings is 1. The molecule has 0 saturated carbocycles. The number of carboxylic acids is 1. The van der Waals surface area contributed by atoms with Crippen molar-refractivity contribution >= 4 is 16.9 Å². The molecule has 0 aliphatic carbocycles. The summed E-state index contributed by atoms with van der Waals surface area (Å²) in [6.07, 6.45) is 0.744. The molecule has 0 amide bonds. The van der Waals surface area contributed by atoms with Crippen molar-refractivity contribution in [3.8, 4) is 11.4 Å². The van der Waals surface area contributed by atoms with Crippen molar-refractivity contribution in [1.82, 2.24) is 20.3 Å². The third-order valence-corrected chi connectivity index (χ3v) is 4.18. The predicted octanol–water partition coefficient (Wildman–Crippen LogP) is 2.20. The lowest BCUT2D eigenvalue weighted by Crippen LogP contribution is -2.35. The number of nitrogens with one attached hydrogen (secondary N) is 2. The van der Waals surface area contributed by atoms with Gasteiger partial charge >= 0.3 is 5.97 Å². The number of aliphatic carboxylic acids is 1. The number of hydrogen-bond donors (Lipinski definition) is 3. The number of aromatic amines is 1. The van der Waals surface area contributed by atoms with Gasteiger partial charge in [0.15, 0.2) is 6.04 Å². The summed E-state index contributed by atoms with van der Waals surface area (Å²) in [7, 11) is 0. The van der Waals surface area contributed by atoms with E-state index in [-0.39, 0.29) is 0 Å². The number of aromatic nitrogens is 3. The quantitative estimate of drug-likeness (QED) is 0.675. The fraction of sp³-hybridized carbons (Fsp3) is 0.235. The number of carbonyl (C=O) groups is 1. The molecule has 6 nitrogen and oxygen atoms in total. The van der Waals surface area contributed by atoms with Crippen LogP contribution in [0.3, 0.4) is 0 Å². The number of aryl methyl sites for hydroxylation is 1. The van der Waals surface area contributed by atoms with E-state index in [1.165, 1.54) is 0 Å². The molecule has 0 spiro atoms. The fourth-order valence-corrected chi connectivity index (χ4v) is 3.09. The first-order valence-electron chi connectivity index (χ1n) is 7.55. The maximum absolute atomic E-state index is 11.4. The van der Waals surface area contributed by atoms with Gasteiger partial charge in [-0.05, 0) is 19.1 Å². The molecule has 3 heterocycles. The molecule has 0 radical (unpaired) electrons. The van der Waals surface area contributed by atoms with Crippen molar-refractivity contribution in [2.45, 2.75) is 19.4 Å². The van der Waals surface area contributed by atoms with Gasteiger partial charge in [0, 0.05) is 35.3 Å². The van der Waals surface area contributed by atoms with Gasteiger partial charge in [0.05, 0.1) is 11.2 Å². The summed E-state index contributed by atoms with van der Waals surface area (Å²) in [5, 5.41) is 13.3. The second-order valence-corrected chi connectivity index (χ2v) is 5.75. The van der Waals surface area contributed by atoms with Crippen molar-refractivity contribution in [3.05, 3.63) is 47.4 Å². The van der Waals surface area contributed by atoms with Gasteiger partial charge in [-0.1, -0.05) is 18.2 Å². The Morgan fingerprint density at radius 1 is 1.26 bits per heavy atom. The summed E-state index contributed by atoms with van der Waals surface area (Å²) >= 11 is 0. The summed E-state index contributed by atoms with van der Waals surface area (Å²) in [6, 6.07) is 9.14. The van der Waals surface area contributed by atoms with E-state index in [9.17, 15) is 9.90 Å². The van der Waals surface area contributed by atoms with Gasteiger partial charge in [-0.2, -0.15) is 0 Å². The Morgan fingerprint density at radius 3 is 2.96 bits per heavy atom. The molecule has 0 unspecified atom stereocenters. The van der Waals surface area contributed by atoms with Crippen LogP contribution >= 0.6 is 0 Å². The molecule has 6 heteroatoms. The maximum Gasteiger partial charge on any atom is 0.327 e. The van der Waals surface area contributed by atoms with Crippen LogP contribution in [0.1, 0.15) is 23.1 Å². The van der Waals surface area contributed by atoms with E-state index < -0.39 is 12.0 Å². The highest BCUT2D eigenvalue weighted by Crippen LogP contribution is 2.29. The third-order valence-electron chi connectivity index (χ3n) is 4.18. The molecule has 1 aromatic carbocycles. The minimum atomic E-state index is -0.904. The number of benzene rings is 1. The lowest BCUT2D eigenvalue weighted by atomic mass is 10.1. The number of imidazole rings is 1. The zero-order chi connectivity index (χ0) is 16.0. The molecular formula is C17H16N4O2. The first kappa shape index (κ1) is 13.9. The molecule has 0 bridgehead atoms. The predicted molar refractivity (Wildman–Crippen MR) is 86.1 cm³/mol. The van der Waals surface area contributed by atoms with Gasteiger partial charge in [0.25, 0.3) is 0 Å². The summed E-state index contributed by atoms with van der Waals surface area (Å²) in [4.78, 5) is 23.8. The molecule has 3 aromatic rings. The van der Waals surface area contributed by atoms with E-state index in [1.807, 2.05) is 37.3 Å². The molecule has 0 saturated heterocycles. The first-order chi connectivity index (χ1) is 11.1. The standard InChI is InChI=1S/C17H16N4O2/c1-9-5-6-10-11(3-2-4-12(10)19-9)16-20-13-7-8-18-15(17(22)23)14(13)21-16/h2-6,15,18H,7-8H2,1H3,(H,20,21)(H,22,23)/t15-/m1/s1. The summed E-state index contributed by atoms with van der Waals surface area (Å²) in [5.74, 6) is -0.208. The van der Waals surface area contributed by atoms with Gasteiger partial charge in [-0.15, -0.1) is 0 Å². The van der Waals surface area contributed by atoms with Crippen LogP contribution in [-0.2, 0) is 11.2 Å². The van der Waals surface area contributed by atoms with Crippen LogP contribution in [0.2, 0.25) is 0 Å². The van der Waals surface area contributed by atoms with E-state index in [1.54, 1.807) is 0 Å². The molecule has 116 valence electrons. The third kappa shape index (κ3) is 2.27. The molecular weight excluding hydrogens is 292 g/mol. The molecule has 0 fully saturated rings. The lowest BCUT2D eigenvalue weighted by Gasteiger charge is -2.18. The van der Waals surface area contributed by atoms with E-state index in [0.29, 0.717) is 18.1 Å². The average molecular weight is 308 g/mol. The Balaban J connectivity index is 1.88. The minimum Gasteiger partial charge on any atom is -0.480 e. The molecule has 1 atom stereocenters. The molecule has 4 rings (SSSR count). The van der Waals surface area contributed by atoms with Crippen molar-refractivity contribution in [2.75, 3.05) is 6.54 Å². The Bertz CT molecular complexity index is 916. The van der Waals surface area contributed by atoms with Crippen molar-refractivity contribution in [1.29, 1.82) is 0 Å². The second-order valence-electron chi connectivity index (χ2n) is 5.75. The van der Waals surface area contributed by atoms with E-state index >= 15 is 0 Å². The topological polar surface area (TPSA) is 90.9 Å². The monoisotopic (exact) mass is 308 g/mol. The zero-order valence-corrected chi connectivity index (χ0v) is 12.6. The van der Waals surface area contributed by atoms with E-state index in [2.05, 4.69) is 20.3 Å². The molecule has 2 aromatic heterocycles. The number of hydrogen-bond acceptors (Lipinski definition) is 4. The van der Waals surface area contributed by atoms with Crippen LogP contribution in [0.15, 0.2) is 30.3 Å². The zero-order valence-electron chi connectivity index (χ0n) is 12.6. The molecule has 1 aliphatic heterocycles. The van der Waals surface area contributed by atoms with Crippen molar-refractivity contribution in [2.24, 2.45) is 0 Å². The summed E-state index contributed by atoms with van der Waals surface area (Å²) < 4.78 is 0. The van der Waals surface area contributed by atoms with E-state index in [4.69, 9.17) is 0 Å². The van der Waals surface area contributed by atoms with Crippen molar-refractivity contribution < 1.29 is 9.90 Å². The second kappa shape index (κ2) is 5.17. The van der Waals surface area contributed by atoms with E-state index in [0.717, 1.165) is 34.3 Å². The Morgan fingerprint density at radius 2 is 2.13 bits per heavy atom. The number of nitrogens with zero attached hydrogens (tertiary/aromatic N) is 2. The highest BCUT2D eigenvalue weighted by molar-refractivity contribution is 5.93. The summed E-state index contributed by atoms with van der Waals surface area (Å²) in [5.41, 5.74) is 4.28. The Labute approximate surface area is 132 Å². The number of H-pyrrole nitrogens is 1. The number of fused-ring (bicyclic) bond motifs is 2. The smallest absolute Gasteiger partial charge is 0.327 e. The number of carboxylic acid groups (broad SMARTS) is 1. The van der Waals surface area contributed by atoms with Gasteiger partial charge in [0.1, 0.15) is 5.82 Å². The van der Waals surface area contributed by atoms with Crippen LogP contribution in [0.5, 0.6) is 0 Å². The van der Waals surface area contributed by atoms with Crippen LogP contribution in [0, 0.1) is 6.92 Å². The SMILES string of the molecule is Cc1ccc2c(-c3nc4c([nH]3)CCN[C@H]4C(=O)O)cccc2n1. The first-order valence-corrected chi connectivity index (χ1v) is 7.55. The van der Waals surface area contributed by atoms with Gasteiger partial charge in [0.2, 0.25) is 0 Å². The lowest BCUT2D eigenvalue weighted by molar-refractivity contribution is -0.139. The van der Waals surface area contributed by atoms with Crippen LogP contribution in [0.25, 0.3) is 22.3 Å². The maximum atomic E-state index is 11.4. The normalized spacial score (nSPS) is 17.2. The number of rotatable bonds is 2. The minimum absolute atomic E-state index is 0.579. The van der Waals surface area contributed by atoms with Gasteiger partial charge < -0.3 is 10.1 Å². The van der Waals surface area contributed by atoms with Crippen LogP contribution in [0.4, 0.5) is 0 Å². The Kier molecular flexibility index (Phi) is 3.12. The van der Waals surface area contributed by atoms with Crippen LogP contribution in [-0.4, -0.2) is 32.6 Å². The summed E-state index contributed by atoms with van der Waals surface area (Å²) in [6.45, 7) is 2.59. The molecule has 23 heavy (non-hydrogen) atoms.